The van der Waals surface area contributed by atoms with E-state index in [-0.39, 0.29) is 37.3 Å². The summed E-state index contributed by atoms with van der Waals surface area (Å²) in [5.74, 6) is 4.17. The highest BCUT2D eigenvalue weighted by molar-refractivity contribution is 5.88. The zero-order chi connectivity index (χ0) is 27.8. The monoisotopic (exact) mass is 531 g/mol. The Kier molecular flexibility index (Phi) is 9.24. The summed E-state index contributed by atoms with van der Waals surface area (Å²) < 4.78 is 20.1. The van der Waals surface area contributed by atoms with Gasteiger partial charge in [0.1, 0.15) is 17.6 Å². The fraction of sp³-hybridized carbons (Fsp3) is 0.419. The van der Waals surface area contributed by atoms with Crippen LogP contribution in [-0.4, -0.2) is 48.3 Å². The van der Waals surface area contributed by atoms with Crippen molar-refractivity contribution in [2.45, 2.75) is 68.7 Å². The van der Waals surface area contributed by atoms with Crippen LogP contribution in [-0.2, 0) is 21.5 Å². The number of fused-ring (bicyclic) bond motifs is 2. The molecule has 8 heteroatoms. The third-order valence-corrected chi connectivity index (χ3v) is 7.20. The molecule has 39 heavy (non-hydrogen) atoms. The van der Waals surface area contributed by atoms with E-state index in [1.54, 1.807) is 6.07 Å². The van der Waals surface area contributed by atoms with Gasteiger partial charge in [0.25, 0.3) is 0 Å². The lowest BCUT2D eigenvalue weighted by Gasteiger charge is -2.29. The minimum atomic E-state index is -1.03. The maximum Gasteiger partial charge on any atom is 0.243 e. The van der Waals surface area contributed by atoms with Crippen molar-refractivity contribution in [3.63, 3.8) is 0 Å². The molecule has 2 amide bonds. The summed E-state index contributed by atoms with van der Waals surface area (Å²) in [6.07, 6.45) is 13.2. The smallest absolute Gasteiger partial charge is 0.243 e. The van der Waals surface area contributed by atoms with E-state index in [0.717, 1.165) is 24.0 Å². The molecule has 1 saturated carbocycles. The average molecular weight is 532 g/mol. The van der Waals surface area contributed by atoms with E-state index in [9.17, 15) is 19.1 Å². The van der Waals surface area contributed by atoms with Gasteiger partial charge in [-0.25, -0.2) is 4.39 Å². The first-order chi connectivity index (χ1) is 18.8. The van der Waals surface area contributed by atoms with E-state index in [2.05, 4.69) is 27.8 Å². The molecular formula is C31H34FN3O4. The Labute approximate surface area is 228 Å². The van der Waals surface area contributed by atoms with Crippen molar-refractivity contribution >= 4 is 11.8 Å². The summed E-state index contributed by atoms with van der Waals surface area (Å²) in [6, 6.07) is 10.3. The molecule has 1 heterocycles. The molecule has 2 aromatic carbocycles. The molecule has 1 fully saturated rings. The lowest BCUT2D eigenvalue weighted by molar-refractivity contribution is -0.129. The van der Waals surface area contributed by atoms with E-state index < -0.39 is 29.9 Å². The van der Waals surface area contributed by atoms with E-state index in [0.29, 0.717) is 30.8 Å². The summed E-state index contributed by atoms with van der Waals surface area (Å²) in [5, 5.41) is 20.3. The first kappa shape index (κ1) is 28.2. The van der Waals surface area contributed by atoms with E-state index in [1.165, 1.54) is 12.1 Å². The van der Waals surface area contributed by atoms with Crippen LogP contribution in [0.3, 0.4) is 0 Å². The van der Waals surface area contributed by atoms with Crippen LogP contribution in [0.4, 0.5) is 4.39 Å². The molecule has 2 bridgehead atoms. The van der Waals surface area contributed by atoms with E-state index in [1.807, 2.05) is 24.3 Å². The van der Waals surface area contributed by atoms with Crippen molar-refractivity contribution in [3.05, 3.63) is 65.0 Å². The van der Waals surface area contributed by atoms with Crippen LogP contribution in [0.2, 0.25) is 0 Å². The van der Waals surface area contributed by atoms with Gasteiger partial charge in [-0.2, -0.15) is 0 Å². The van der Waals surface area contributed by atoms with Crippen LogP contribution in [0.15, 0.2) is 42.5 Å². The highest BCUT2D eigenvalue weighted by atomic mass is 19.1. The van der Waals surface area contributed by atoms with Crippen LogP contribution in [0.5, 0.6) is 5.75 Å². The first-order valence-corrected chi connectivity index (χ1v) is 13.3. The molecule has 0 unspecified atom stereocenters. The normalized spacial score (nSPS) is 21.9. The molecule has 1 aliphatic carbocycles. The highest BCUT2D eigenvalue weighted by Gasteiger charge is 2.44. The second-order valence-electron chi connectivity index (χ2n) is 10.2. The minimum absolute atomic E-state index is 0.000489. The van der Waals surface area contributed by atoms with Crippen molar-refractivity contribution in [2.24, 2.45) is 0 Å². The predicted molar refractivity (Wildman–Crippen MR) is 146 cm³/mol. The lowest BCUT2D eigenvalue weighted by atomic mass is 9.98. The standard InChI is InChI=1S/C31H34FN3O4/c1-3-8-26-30(38)35-27(28(36)20-33-31(12-13-31)23-10-7-9-21(4-2)15-23)18-22-16-24(32)19-25(17-22)39-14-6-5-11-29(37)34-26/h1-2,7,9-10,15-17,19,26-28,33,36H,5-6,8,11-14,18,20H2,(H,34,37)(H,35,38)/t26-,27-,28+/m0/s1. The number of rotatable bonds is 6. The van der Waals surface area contributed by atoms with Gasteiger partial charge in [0, 0.05) is 36.6 Å². The maximum atomic E-state index is 14.4. The molecule has 4 rings (SSSR count). The van der Waals surface area contributed by atoms with Crippen LogP contribution >= 0.6 is 0 Å². The zero-order valence-corrected chi connectivity index (χ0v) is 21.8. The van der Waals surface area contributed by atoms with Crippen molar-refractivity contribution in [3.8, 4) is 30.4 Å². The van der Waals surface area contributed by atoms with Gasteiger partial charge in [0.2, 0.25) is 11.8 Å². The molecule has 3 atom stereocenters. The van der Waals surface area contributed by atoms with E-state index >= 15 is 0 Å². The number of carbonyl (C=O) groups excluding carboxylic acids is 2. The highest BCUT2D eigenvalue weighted by Crippen LogP contribution is 2.45. The molecule has 0 saturated heterocycles. The topological polar surface area (TPSA) is 99.7 Å². The van der Waals surface area contributed by atoms with Gasteiger partial charge >= 0.3 is 0 Å². The summed E-state index contributed by atoms with van der Waals surface area (Å²) in [4.78, 5) is 25.7. The number of terminal acetylenes is 2. The van der Waals surface area contributed by atoms with Gasteiger partial charge in [-0.3, -0.25) is 9.59 Å². The molecule has 1 aliphatic heterocycles. The Morgan fingerprint density at radius 2 is 1.97 bits per heavy atom. The number of benzene rings is 2. The summed E-state index contributed by atoms with van der Waals surface area (Å²) in [7, 11) is 0. The lowest BCUT2D eigenvalue weighted by Crippen LogP contribution is -2.55. The van der Waals surface area contributed by atoms with Gasteiger partial charge in [0.05, 0.1) is 18.8 Å². The molecule has 0 aromatic heterocycles. The summed E-state index contributed by atoms with van der Waals surface area (Å²) >= 11 is 0. The van der Waals surface area contributed by atoms with Gasteiger partial charge in [-0.15, -0.1) is 18.8 Å². The third kappa shape index (κ3) is 7.60. The number of aliphatic hydroxyl groups is 1. The molecule has 2 aromatic rings. The van der Waals surface area contributed by atoms with Gasteiger partial charge in [-0.1, -0.05) is 18.1 Å². The van der Waals surface area contributed by atoms with Crippen molar-refractivity contribution in [2.75, 3.05) is 13.2 Å². The van der Waals surface area contributed by atoms with Crippen LogP contribution < -0.4 is 20.7 Å². The number of carbonyl (C=O) groups is 2. The summed E-state index contributed by atoms with van der Waals surface area (Å²) in [5.41, 5.74) is 2.07. The number of amides is 2. The van der Waals surface area contributed by atoms with Crippen LogP contribution in [0, 0.1) is 30.5 Å². The molecule has 0 radical (unpaired) electrons. The Morgan fingerprint density at radius 3 is 2.72 bits per heavy atom. The summed E-state index contributed by atoms with van der Waals surface area (Å²) in [6.45, 7) is 0.482. The average Bonchev–Trinajstić information content (AvgIpc) is 3.71. The van der Waals surface area contributed by atoms with Gasteiger partial charge < -0.3 is 25.8 Å². The number of aliphatic hydroxyl groups excluding tert-OH is 1. The fourth-order valence-electron chi connectivity index (χ4n) is 4.86. The van der Waals surface area contributed by atoms with Crippen molar-refractivity contribution in [1.82, 2.24) is 16.0 Å². The largest absolute Gasteiger partial charge is 0.493 e. The van der Waals surface area contributed by atoms with Gasteiger partial charge in [0.15, 0.2) is 0 Å². The second-order valence-corrected chi connectivity index (χ2v) is 10.2. The maximum absolute atomic E-state index is 14.4. The predicted octanol–water partition coefficient (Wildman–Crippen LogP) is 2.54. The van der Waals surface area contributed by atoms with Crippen molar-refractivity contribution < 1.29 is 23.8 Å². The quantitative estimate of drug-likeness (QED) is 0.430. The Morgan fingerprint density at radius 1 is 1.15 bits per heavy atom. The Balaban J connectivity index is 1.55. The Hall–Kier alpha value is -3.85. The van der Waals surface area contributed by atoms with Crippen molar-refractivity contribution in [1.29, 1.82) is 0 Å². The molecule has 204 valence electrons. The number of hydrogen-bond donors (Lipinski definition) is 4. The van der Waals surface area contributed by atoms with Crippen LogP contribution in [0.1, 0.15) is 55.2 Å². The van der Waals surface area contributed by atoms with E-state index in [4.69, 9.17) is 17.6 Å². The third-order valence-electron chi connectivity index (χ3n) is 7.20. The number of halogens is 1. The molecule has 0 spiro atoms. The number of hydrogen-bond acceptors (Lipinski definition) is 5. The first-order valence-electron chi connectivity index (χ1n) is 13.3. The van der Waals surface area contributed by atoms with Crippen LogP contribution in [0.25, 0.3) is 0 Å². The molecule has 2 aliphatic rings. The number of ether oxygens (including phenoxy) is 1. The fourth-order valence-corrected chi connectivity index (χ4v) is 4.86. The second kappa shape index (κ2) is 12.8. The number of nitrogens with one attached hydrogen (secondary N) is 3. The van der Waals surface area contributed by atoms with Gasteiger partial charge in [-0.05, 0) is 67.5 Å². The Bertz CT molecular complexity index is 1280. The zero-order valence-electron chi connectivity index (χ0n) is 21.8. The molecule has 4 N–H and O–H groups in total. The molecular weight excluding hydrogens is 497 g/mol. The SMILES string of the molecule is C#CC[C@@H]1NC(=O)CCCCOc2cc(F)cc(c2)C[C@@H]([C@H](O)CNC2(c3cccc(C#C)c3)CC2)NC1=O. The minimum Gasteiger partial charge on any atom is -0.493 e. The molecule has 7 nitrogen and oxygen atoms in total.